The van der Waals surface area contributed by atoms with Crippen LogP contribution in [0.2, 0.25) is 0 Å². The van der Waals surface area contributed by atoms with Crippen molar-refractivity contribution in [3.8, 4) is 11.5 Å². The summed E-state index contributed by atoms with van der Waals surface area (Å²) in [4.78, 5) is 2.17. The van der Waals surface area contributed by atoms with Gasteiger partial charge in [0, 0.05) is 24.7 Å². The van der Waals surface area contributed by atoms with Crippen LogP contribution >= 0.6 is 0 Å². The molecule has 0 atom stereocenters. The largest absolute Gasteiger partial charge is 0.493 e. The molecule has 0 saturated heterocycles. The van der Waals surface area contributed by atoms with Crippen LogP contribution in [-0.4, -0.2) is 45.8 Å². The van der Waals surface area contributed by atoms with Crippen molar-refractivity contribution in [1.29, 1.82) is 0 Å². The number of hydrogen-bond acceptors (Lipinski definition) is 4. The first-order valence-corrected chi connectivity index (χ1v) is 7.35. The van der Waals surface area contributed by atoms with Gasteiger partial charge in [0.15, 0.2) is 0 Å². The fraction of sp³-hybridized carbons (Fsp3) is 0.625. The molecule has 1 aromatic carbocycles. The van der Waals surface area contributed by atoms with E-state index in [4.69, 9.17) is 9.47 Å². The van der Waals surface area contributed by atoms with E-state index in [1.807, 2.05) is 19.2 Å². The number of nitrogens with one attached hydrogen (secondary N) is 1. The Morgan fingerprint density at radius 2 is 1.95 bits per heavy atom. The summed E-state index contributed by atoms with van der Waals surface area (Å²) in [6.45, 7) is 5.41. The third-order valence-corrected chi connectivity index (χ3v) is 2.89. The van der Waals surface area contributed by atoms with Crippen molar-refractivity contribution < 1.29 is 9.47 Å². The van der Waals surface area contributed by atoms with Gasteiger partial charge >= 0.3 is 0 Å². The normalized spacial score (nSPS) is 10.8. The highest BCUT2D eigenvalue weighted by Crippen LogP contribution is 2.25. The molecule has 0 aromatic heterocycles. The van der Waals surface area contributed by atoms with E-state index in [1.54, 1.807) is 0 Å². The van der Waals surface area contributed by atoms with Gasteiger partial charge in [0.2, 0.25) is 0 Å². The smallest absolute Gasteiger partial charge is 0.127 e. The van der Waals surface area contributed by atoms with Crippen molar-refractivity contribution in [3.05, 3.63) is 23.8 Å². The Morgan fingerprint density at radius 3 is 2.60 bits per heavy atom. The number of hydrogen-bond donors (Lipinski definition) is 1. The third kappa shape index (κ3) is 6.26. The molecule has 4 nitrogen and oxygen atoms in total. The zero-order valence-corrected chi connectivity index (χ0v) is 13.2. The molecule has 0 aliphatic rings. The summed E-state index contributed by atoms with van der Waals surface area (Å²) in [5.41, 5.74) is 1.17. The van der Waals surface area contributed by atoms with Gasteiger partial charge in [-0.2, -0.15) is 0 Å². The van der Waals surface area contributed by atoms with Crippen LogP contribution in [0.1, 0.15) is 25.3 Å². The highest BCUT2D eigenvalue weighted by molar-refractivity contribution is 5.40. The van der Waals surface area contributed by atoms with Gasteiger partial charge in [0.25, 0.3) is 0 Å². The Labute approximate surface area is 123 Å². The first-order valence-electron chi connectivity index (χ1n) is 7.35. The maximum absolute atomic E-state index is 5.91. The summed E-state index contributed by atoms with van der Waals surface area (Å²) in [6.07, 6.45) is 2.03. The predicted octanol–water partition coefficient (Wildman–Crippen LogP) is 2.53. The first kappa shape index (κ1) is 16.8. The molecule has 0 aliphatic carbocycles. The van der Waals surface area contributed by atoms with Gasteiger partial charge in [-0.1, -0.05) is 13.0 Å². The Bertz CT molecular complexity index is 381. The zero-order valence-electron chi connectivity index (χ0n) is 13.2. The van der Waals surface area contributed by atoms with E-state index in [2.05, 4.69) is 37.3 Å². The summed E-state index contributed by atoms with van der Waals surface area (Å²) < 4.78 is 11.6. The van der Waals surface area contributed by atoms with E-state index < -0.39 is 0 Å². The molecule has 1 aromatic rings. The van der Waals surface area contributed by atoms with E-state index in [9.17, 15) is 0 Å². The van der Waals surface area contributed by atoms with Gasteiger partial charge in [0.05, 0.1) is 13.2 Å². The van der Waals surface area contributed by atoms with Gasteiger partial charge in [-0.3, -0.25) is 0 Å². The molecule has 4 heteroatoms. The maximum atomic E-state index is 5.91. The van der Waals surface area contributed by atoms with Gasteiger partial charge in [-0.05, 0) is 40.1 Å². The van der Waals surface area contributed by atoms with Crippen molar-refractivity contribution >= 4 is 0 Å². The Balaban J connectivity index is 2.62. The number of benzene rings is 1. The Hall–Kier alpha value is -1.26. The SMILES string of the molecule is CCCOc1ccc(CNC)c(OCCCN(C)C)c1. The molecule has 0 fully saturated rings. The van der Waals surface area contributed by atoms with Gasteiger partial charge in [0.1, 0.15) is 11.5 Å². The van der Waals surface area contributed by atoms with Crippen LogP contribution in [0.3, 0.4) is 0 Å². The van der Waals surface area contributed by atoms with Crippen LogP contribution in [0, 0.1) is 0 Å². The second kappa shape index (κ2) is 9.61. The standard InChI is InChI=1S/C16H28N2O2/c1-5-10-19-15-8-7-14(13-17-2)16(12-15)20-11-6-9-18(3)4/h7-8,12,17H,5-6,9-11,13H2,1-4H3. The average molecular weight is 280 g/mol. The molecule has 0 bridgehead atoms. The van der Waals surface area contributed by atoms with Gasteiger partial charge in [-0.25, -0.2) is 0 Å². The molecular formula is C16H28N2O2. The summed E-state index contributed by atoms with van der Waals surface area (Å²) in [6, 6.07) is 6.08. The van der Waals surface area contributed by atoms with E-state index in [1.165, 1.54) is 5.56 Å². The van der Waals surface area contributed by atoms with Crippen LogP contribution in [0.5, 0.6) is 11.5 Å². The Kier molecular flexibility index (Phi) is 8.07. The summed E-state index contributed by atoms with van der Waals surface area (Å²) in [5.74, 6) is 1.81. The molecule has 0 aliphatic heterocycles. The summed E-state index contributed by atoms with van der Waals surface area (Å²) >= 11 is 0. The van der Waals surface area contributed by atoms with Gasteiger partial charge < -0.3 is 19.7 Å². The van der Waals surface area contributed by atoms with Crippen LogP contribution in [0.25, 0.3) is 0 Å². The number of ether oxygens (including phenoxy) is 2. The highest BCUT2D eigenvalue weighted by atomic mass is 16.5. The third-order valence-electron chi connectivity index (χ3n) is 2.89. The lowest BCUT2D eigenvalue weighted by molar-refractivity contribution is 0.275. The fourth-order valence-electron chi connectivity index (χ4n) is 1.88. The first-order chi connectivity index (χ1) is 9.67. The van der Waals surface area contributed by atoms with E-state index >= 15 is 0 Å². The van der Waals surface area contributed by atoms with E-state index in [0.717, 1.165) is 50.6 Å². The highest BCUT2D eigenvalue weighted by Gasteiger charge is 2.06. The van der Waals surface area contributed by atoms with Gasteiger partial charge in [-0.15, -0.1) is 0 Å². The molecule has 0 saturated carbocycles. The molecule has 20 heavy (non-hydrogen) atoms. The molecule has 114 valence electrons. The monoisotopic (exact) mass is 280 g/mol. The molecular weight excluding hydrogens is 252 g/mol. The molecule has 1 N–H and O–H groups in total. The predicted molar refractivity (Wildman–Crippen MR) is 83.7 cm³/mol. The second-order valence-corrected chi connectivity index (χ2v) is 5.15. The molecule has 0 spiro atoms. The van der Waals surface area contributed by atoms with Crippen LogP contribution < -0.4 is 14.8 Å². The molecule has 0 unspecified atom stereocenters. The maximum Gasteiger partial charge on any atom is 0.127 e. The van der Waals surface area contributed by atoms with Crippen LogP contribution in [-0.2, 0) is 6.54 Å². The molecule has 0 radical (unpaired) electrons. The van der Waals surface area contributed by atoms with Crippen molar-refractivity contribution in [2.45, 2.75) is 26.3 Å². The quantitative estimate of drug-likeness (QED) is 0.668. The topological polar surface area (TPSA) is 33.7 Å². The summed E-state index contributed by atoms with van der Waals surface area (Å²) in [5, 5.41) is 3.17. The minimum absolute atomic E-state index is 0.728. The average Bonchev–Trinajstić information content (AvgIpc) is 2.43. The minimum Gasteiger partial charge on any atom is -0.493 e. The number of rotatable bonds is 10. The van der Waals surface area contributed by atoms with Crippen molar-refractivity contribution in [2.24, 2.45) is 0 Å². The fourth-order valence-corrected chi connectivity index (χ4v) is 1.88. The molecule has 1 rings (SSSR count). The lowest BCUT2D eigenvalue weighted by Gasteiger charge is -2.15. The minimum atomic E-state index is 0.728. The van der Waals surface area contributed by atoms with Crippen molar-refractivity contribution in [2.75, 3.05) is 40.9 Å². The van der Waals surface area contributed by atoms with Crippen LogP contribution in [0.15, 0.2) is 18.2 Å². The van der Waals surface area contributed by atoms with Crippen LogP contribution in [0.4, 0.5) is 0 Å². The van der Waals surface area contributed by atoms with E-state index in [0.29, 0.717) is 0 Å². The lowest BCUT2D eigenvalue weighted by Crippen LogP contribution is -2.16. The molecule has 0 amide bonds. The van der Waals surface area contributed by atoms with E-state index in [-0.39, 0.29) is 0 Å². The lowest BCUT2D eigenvalue weighted by atomic mass is 10.2. The zero-order chi connectivity index (χ0) is 14.8. The second-order valence-electron chi connectivity index (χ2n) is 5.15. The van der Waals surface area contributed by atoms with Crippen molar-refractivity contribution in [1.82, 2.24) is 10.2 Å². The molecule has 0 heterocycles. The number of nitrogens with zero attached hydrogens (tertiary/aromatic N) is 1. The van der Waals surface area contributed by atoms with Crippen molar-refractivity contribution in [3.63, 3.8) is 0 Å². The summed E-state index contributed by atoms with van der Waals surface area (Å²) in [7, 11) is 6.09. The Morgan fingerprint density at radius 1 is 1.15 bits per heavy atom.